The zero-order chi connectivity index (χ0) is 12.0. The van der Waals surface area contributed by atoms with Gasteiger partial charge in [-0.15, -0.1) is 0 Å². The van der Waals surface area contributed by atoms with E-state index >= 15 is 0 Å². The number of aromatic nitrogens is 2. The summed E-state index contributed by atoms with van der Waals surface area (Å²) in [6.07, 6.45) is 1.71. The van der Waals surface area contributed by atoms with E-state index in [4.69, 9.17) is 9.94 Å². The minimum Gasteiger partial charge on any atom is -0.476 e. The highest BCUT2D eigenvalue weighted by Crippen LogP contribution is 2.26. The Kier molecular flexibility index (Phi) is 1.91. The number of fused-ring (bicyclic) bond motifs is 3. The first-order valence-electron chi connectivity index (χ1n) is 5.05. The lowest BCUT2D eigenvalue weighted by molar-refractivity contribution is -0.129. The maximum absolute atomic E-state index is 11.0. The van der Waals surface area contributed by atoms with Crippen molar-refractivity contribution in [1.82, 2.24) is 9.78 Å². The average molecular weight is 231 g/mol. The van der Waals surface area contributed by atoms with Crippen LogP contribution in [0.3, 0.4) is 0 Å². The summed E-state index contributed by atoms with van der Waals surface area (Å²) >= 11 is 0. The van der Waals surface area contributed by atoms with E-state index in [1.54, 1.807) is 16.9 Å². The van der Waals surface area contributed by atoms with Crippen molar-refractivity contribution in [3.8, 4) is 0 Å². The molecule has 0 saturated carbocycles. The molecule has 0 atom stereocenters. The molecule has 0 aliphatic carbocycles. The Morgan fingerprint density at radius 2 is 2.35 bits per heavy atom. The summed E-state index contributed by atoms with van der Waals surface area (Å²) in [5.74, 6) is -1.09. The van der Waals surface area contributed by atoms with E-state index in [2.05, 4.69) is 10.3 Å². The maximum atomic E-state index is 11.0. The Labute approximate surface area is 96.1 Å². The highest BCUT2D eigenvalue weighted by atomic mass is 16.6. The molecular weight excluding hydrogens is 222 g/mol. The minimum atomic E-state index is -1.09. The number of carboxylic acid groups (broad SMARTS) is 1. The van der Waals surface area contributed by atoms with Crippen LogP contribution in [-0.4, -0.2) is 26.6 Å². The highest BCUT2D eigenvalue weighted by molar-refractivity contribution is 6.43. The molecule has 17 heavy (non-hydrogen) atoms. The van der Waals surface area contributed by atoms with Crippen LogP contribution in [0.15, 0.2) is 23.5 Å². The van der Waals surface area contributed by atoms with E-state index in [-0.39, 0.29) is 12.3 Å². The first-order valence-corrected chi connectivity index (χ1v) is 5.05. The van der Waals surface area contributed by atoms with Gasteiger partial charge in [0.25, 0.3) is 0 Å². The predicted molar refractivity (Wildman–Crippen MR) is 59.7 cm³/mol. The summed E-state index contributed by atoms with van der Waals surface area (Å²) in [5.41, 5.74) is 2.31. The van der Waals surface area contributed by atoms with Gasteiger partial charge in [-0.05, 0) is 12.1 Å². The van der Waals surface area contributed by atoms with Gasteiger partial charge in [0, 0.05) is 23.6 Å². The van der Waals surface area contributed by atoms with Gasteiger partial charge in [0.1, 0.15) is 6.61 Å². The molecule has 0 amide bonds. The van der Waals surface area contributed by atoms with Gasteiger partial charge in [0.05, 0.1) is 11.7 Å². The van der Waals surface area contributed by atoms with Crippen molar-refractivity contribution in [2.45, 2.75) is 6.61 Å². The third-order valence-corrected chi connectivity index (χ3v) is 2.87. The van der Waals surface area contributed by atoms with Crippen LogP contribution in [0.1, 0.15) is 11.1 Å². The second-order valence-corrected chi connectivity index (χ2v) is 3.81. The van der Waals surface area contributed by atoms with Crippen LogP contribution in [0.25, 0.3) is 10.9 Å². The molecule has 2 heterocycles. The van der Waals surface area contributed by atoms with Crippen molar-refractivity contribution in [3.63, 3.8) is 0 Å². The number of nitrogens with zero attached hydrogens (tertiary/aromatic N) is 3. The topological polar surface area (TPSA) is 76.7 Å². The molecule has 6 nitrogen and oxygen atoms in total. The number of carboxylic acids is 1. The largest absolute Gasteiger partial charge is 0.476 e. The molecule has 0 unspecified atom stereocenters. The van der Waals surface area contributed by atoms with Gasteiger partial charge >= 0.3 is 5.97 Å². The summed E-state index contributed by atoms with van der Waals surface area (Å²) in [4.78, 5) is 16.0. The van der Waals surface area contributed by atoms with Crippen LogP contribution in [0.2, 0.25) is 0 Å². The summed E-state index contributed by atoms with van der Waals surface area (Å²) in [5, 5.41) is 17.7. The number of hydrogen-bond acceptors (Lipinski definition) is 4. The fraction of sp³-hybridized carbons (Fsp3) is 0.182. The van der Waals surface area contributed by atoms with Gasteiger partial charge in [-0.1, -0.05) is 5.16 Å². The number of aliphatic carboxylic acids is 1. The molecule has 86 valence electrons. The number of carbonyl (C=O) groups is 1. The molecule has 3 rings (SSSR count). The van der Waals surface area contributed by atoms with E-state index < -0.39 is 5.97 Å². The first-order chi connectivity index (χ1) is 8.18. The molecule has 0 radical (unpaired) electrons. The van der Waals surface area contributed by atoms with Crippen molar-refractivity contribution in [3.05, 3.63) is 29.5 Å². The van der Waals surface area contributed by atoms with Gasteiger partial charge in [-0.25, -0.2) is 4.79 Å². The van der Waals surface area contributed by atoms with Gasteiger partial charge in [0.2, 0.25) is 0 Å². The van der Waals surface area contributed by atoms with Gasteiger partial charge in [0.15, 0.2) is 5.71 Å². The quantitative estimate of drug-likeness (QED) is 0.790. The maximum Gasteiger partial charge on any atom is 0.358 e. The Balaban J connectivity index is 2.32. The normalized spacial score (nSPS) is 14.1. The molecule has 1 aromatic carbocycles. The number of hydrogen-bond donors (Lipinski definition) is 1. The van der Waals surface area contributed by atoms with Crippen LogP contribution in [0, 0.1) is 0 Å². The van der Waals surface area contributed by atoms with Gasteiger partial charge in [-0.3, -0.25) is 4.68 Å². The van der Waals surface area contributed by atoms with Crippen molar-refractivity contribution < 1.29 is 14.7 Å². The van der Waals surface area contributed by atoms with Crippen LogP contribution >= 0.6 is 0 Å². The van der Waals surface area contributed by atoms with Crippen molar-refractivity contribution in [1.29, 1.82) is 0 Å². The Morgan fingerprint density at radius 1 is 1.53 bits per heavy atom. The van der Waals surface area contributed by atoms with E-state index in [1.807, 2.05) is 13.1 Å². The monoisotopic (exact) mass is 231 g/mol. The lowest BCUT2D eigenvalue weighted by Crippen LogP contribution is -2.20. The molecule has 1 aromatic heterocycles. The zero-order valence-corrected chi connectivity index (χ0v) is 9.04. The molecule has 1 N–H and O–H groups in total. The molecule has 0 fully saturated rings. The van der Waals surface area contributed by atoms with E-state index in [1.165, 1.54) is 0 Å². The lowest BCUT2D eigenvalue weighted by atomic mass is 9.99. The summed E-state index contributed by atoms with van der Waals surface area (Å²) < 4.78 is 1.74. The van der Waals surface area contributed by atoms with Crippen molar-refractivity contribution in [2.75, 3.05) is 0 Å². The SMILES string of the molecule is Cn1ncc2c3c(ccc21)C(C(=O)O)=NOC3. The Morgan fingerprint density at radius 3 is 3.12 bits per heavy atom. The number of benzene rings is 1. The molecule has 0 saturated heterocycles. The second kappa shape index (κ2) is 3.31. The number of rotatable bonds is 1. The van der Waals surface area contributed by atoms with Gasteiger partial charge in [-0.2, -0.15) is 5.10 Å². The summed E-state index contributed by atoms with van der Waals surface area (Å²) in [6, 6.07) is 3.58. The standard InChI is InChI=1S/C11H9N3O3/c1-14-9-3-2-6-8(7(9)4-12-14)5-17-13-10(6)11(15)16/h2-4H,5H2,1H3,(H,15,16). The van der Waals surface area contributed by atoms with Crippen molar-refractivity contribution >= 4 is 22.6 Å². The highest BCUT2D eigenvalue weighted by Gasteiger charge is 2.23. The van der Waals surface area contributed by atoms with E-state index in [0.717, 1.165) is 16.5 Å². The minimum absolute atomic E-state index is 0.0583. The second-order valence-electron chi connectivity index (χ2n) is 3.81. The number of oxime groups is 1. The molecule has 0 spiro atoms. The molecule has 0 bridgehead atoms. The van der Waals surface area contributed by atoms with Crippen LogP contribution < -0.4 is 0 Å². The molecular formula is C11H9N3O3. The van der Waals surface area contributed by atoms with E-state index in [0.29, 0.717) is 5.56 Å². The molecule has 1 aliphatic rings. The summed E-state index contributed by atoms with van der Waals surface area (Å²) in [7, 11) is 1.84. The lowest BCUT2D eigenvalue weighted by Gasteiger charge is -2.14. The molecule has 2 aromatic rings. The smallest absolute Gasteiger partial charge is 0.358 e. The fourth-order valence-electron chi connectivity index (χ4n) is 2.03. The first kappa shape index (κ1) is 9.83. The van der Waals surface area contributed by atoms with Gasteiger partial charge < -0.3 is 9.94 Å². The number of aryl methyl sites for hydroxylation is 1. The third-order valence-electron chi connectivity index (χ3n) is 2.87. The van der Waals surface area contributed by atoms with Crippen LogP contribution in [-0.2, 0) is 23.3 Å². The Hall–Kier alpha value is -2.37. The molecule has 1 aliphatic heterocycles. The predicted octanol–water partition coefficient (Wildman–Crippen LogP) is 0.892. The van der Waals surface area contributed by atoms with Crippen molar-refractivity contribution in [2.24, 2.45) is 12.2 Å². The van der Waals surface area contributed by atoms with Crippen LogP contribution in [0.4, 0.5) is 0 Å². The fourth-order valence-corrected chi connectivity index (χ4v) is 2.03. The Bertz CT molecular complexity index is 657. The third kappa shape index (κ3) is 1.30. The van der Waals surface area contributed by atoms with E-state index in [9.17, 15) is 4.79 Å². The average Bonchev–Trinajstić information content (AvgIpc) is 2.70. The summed E-state index contributed by atoms with van der Waals surface area (Å²) in [6.45, 7) is 0.273. The molecule has 6 heteroatoms. The zero-order valence-electron chi connectivity index (χ0n) is 9.04. The van der Waals surface area contributed by atoms with Crippen LogP contribution in [0.5, 0.6) is 0 Å².